The van der Waals surface area contributed by atoms with Gasteiger partial charge in [0.25, 0.3) is 0 Å². The minimum absolute atomic E-state index is 0.0551. The van der Waals surface area contributed by atoms with Gasteiger partial charge >= 0.3 is 6.03 Å². The number of aliphatic hydroxyl groups excluding tert-OH is 1. The van der Waals surface area contributed by atoms with E-state index in [0.717, 1.165) is 19.4 Å². The third-order valence-electron chi connectivity index (χ3n) is 1.83. The molecule has 0 rings (SSSR count). The lowest BCUT2D eigenvalue weighted by atomic mass is 10.4. The van der Waals surface area contributed by atoms with E-state index in [1.54, 1.807) is 6.92 Å². The summed E-state index contributed by atoms with van der Waals surface area (Å²) in [7, 11) is 0. The Balaban J connectivity index is 3.24. The third-order valence-corrected chi connectivity index (χ3v) is 1.83. The van der Waals surface area contributed by atoms with E-state index < -0.39 is 0 Å². The molecule has 3 N–H and O–H groups in total. The minimum atomic E-state index is -0.268. The Morgan fingerprint density at radius 3 is 2.80 bits per heavy atom. The molecule has 15 heavy (non-hydrogen) atoms. The first-order chi connectivity index (χ1) is 7.20. The first kappa shape index (κ1) is 14.2. The highest BCUT2D eigenvalue weighted by Crippen LogP contribution is 1.86. The van der Waals surface area contributed by atoms with Gasteiger partial charge in [0, 0.05) is 13.2 Å². The van der Waals surface area contributed by atoms with E-state index >= 15 is 0 Å². The number of ether oxygens (including phenoxy) is 1. The lowest BCUT2D eigenvalue weighted by Gasteiger charge is -2.11. The Morgan fingerprint density at radius 2 is 2.20 bits per heavy atom. The molecule has 0 aromatic heterocycles. The van der Waals surface area contributed by atoms with Crippen LogP contribution in [0.15, 0.2) is 0 Å². The number of urea groups is 1. The van der Waals surface area contributed by atoms with Gasteiger partial charge in [-0.3, -0.25) is 0 Å². The third kappa shape index (κ3) is 9.49. The molecule has 5 nitrogen and oxygen atoms in total. The van der Waals surface area contributed by atoms with Crippen molar-refractivity contribution < 1.29 is 14.6 Å². The number of carbonyl (C=O) groups excluding carboxylic acids is 1. The summed E-state index contributed by atoms with van der Waals surface area (Å²) < 4.78 is 5.26. The predicted octanol–water partition coefficient (Wildman–Crippen LogP) is 0.483. The summed E-state index contributed by atoms with van der Waals surface area (Å²) >= 11 is 0. The highest BCUT2D eigenvalue weighted by Gasteiger charge is 2.03. The number of hydrogen-bond donors (Lipinski definition) is 3. The van der Waals surface area contributed by atoms with Crippen LogP contribution in [0.2, 0.25) is 0 Å². The van der Waals surface area contributed by atoms with Crippen LogP contribution >= 0.6 is 0 Å². The van der Waals surface area contributed by atoms with E-state index in [9.17, 15) is 4.79 Å². The van der Waals surface area contributed by atoms with Crippen LogP contribution in [-0.4, -0.2) is 43.5 Å². The average Bonchev–Trinajstić information content (AvgIpc) is 2.23. The number of aliphatic hydroxyl groups is 1. The summed E-state index contributed by atoms with van der Waals surface area (Å²) in [6, 6.07) is -0.485. The summed E-state index contributed by atoms with van der Waals surface area (Å²) in [5.41, 5.74) is 0. The first-order valence-electron chi connectivity index (χ1n) is 5.43. The van der Waals surface area contributed by atoms with Gasteiger partial charge in [-0.2, -0.15) is 0 Å². The van der Waals surface area contributed by atoms with Gasteiger partial charge < -0.3 is 20.5 Å². The van der Waals surface area contributed by atoms with E-state index in [0.29, 0.717) is 13.2 Å². The van der Waals surface area contributed by atoms with E-state index in [1.165, 1.54) is 0 Å². The van der Waals surface area contributed by atoms with Crippen LogP contribution in [0.4, 0.5) is 4.79 Å². The normalized spacial score (nSPS) is 12.2. The lowest BCUT2D eigenvalue weighted by molar-refractivity contribution is 0.133. The molecule has 0 spiro atoms. The fourth-order valence-electron chi connectivity index (χ4n) is 0.906. The van der Waals surface area contributed by atoms with Crippen LogP contribution in [0.1, 0.15) is 26.7 Å². The largest absolute Gasteiger partial charge is 0.394 e. The topological polar surface area (TPSA) is 70.6 Å². The molecule has 5 heteroatoms. The molecule has 0 aliphatic heterocycles. The summed E-state index contributed by atoms with van der Waals surface area (Å²) in [6.07, 6.45) is 2.16. The van der Waals surface area contributed by atoms with Crippen molar-refractivity contribution in [3.63, 3.8) is 0 Å². The van der Waals surface area contributed by atoms with E-state index in [1.807, 2.05) is 0 Å². The smallest absolute Gasteiger partial charge is 0.315 e. The molecule has 0 aliphatic carbocycles. The van der Waals surface area contributed by atoms with Crippen molar-refractivity contribution in [3.8, 4) is 0 Å². The molecule has 2 amide bonds. The van der Waals surface area contributed by atoms with E-state index in [2.05, 4.69) is 17.6 Å². The van der Waals surface area contributed by atoms with Crippen LogP contribution < -0.4 is 10.6 Å². The molecule has 0 aliphatic rings. The molecule has 1 atom stereocenters. The lowest BCUT2D eigenvalue weighted by Crippen LogP contribution is -2.43. The Morgan fingerprint density at radius 1 is 1.47 bits per heavy atom. The zero-order chi connectivity index (χ0) is 11.5. The summed E-state index contributed by atoms with van der Waals surface area (Å²) in [5.74, 6) is 0. The number of hydrogen-bond acceptors (Lipinski definition) is 3. The molecular formula is C10H22N2O3. The predicted molar refractivity (Wildman–Crippen MR) is 58.8 cm³/mol. The molecule has 0 aromatic carbocycles. The first-order valence-corrected chi connectivity index (χ1v) is 5.43. The molecule has 0 aromatic rings. The second-order valence-electron chi connectivity index (χ2n) is 3.45. The number of rotatable bonds is 8. The van der Waals surface area contributed by atoms with Crippen molar-refractivity contribution in [2.45, 2.75) is 32.7 Å². The molecule has 0 saturated carbocycles. The molecule has 0 unspecified atom stereocenters. The highest BCUT2D eigenvalue weighted by molar-refractivity contribution is 5.74. The van der Waals surface area contributed by atoms with Gasteiger partial charge in [-0.25, -0.2) is 4.79 Å². The number of carbonyl (C=O) groups is 1. The fraction of sp³-hybridized carbons (Fsp3) is 0.900. The maximum absolute atomic E-state index is 11.1. The molecule has 0 radical (unpaired) electrons. The average molecular weight is 218 g/mol. The van der Waals surface area contributed by atoms with Gasteiger partial charge in [0.05, 0.1) is 19.3 Å². The molecule has 0 saturated heterocycles. The summed E-state index contributed by atoms with van der Waals surface area (Å²) in [4.78, 5) is 11.1. The van der Waals surface area contributed by atoms with Crippen molar-refractivity contribution >= 4 is 6.03 Å². The van der Waals surface area contributed by atoms with Gasteiger partial charge in [-0.1, -0.05) is 13.3 Å². The zero-order valence-corrected chi connectivity index (χ0v) is 9.58. The van der Waals surface area contributed by atoms with Crippen LogP contribution in [0.5, 0.6) is 0 Å². The fourth-order valence-corrected chi connectivity index (χ4v) is 0.906. The Hall–Kier alpha value is -0.810. The molecule has 0 heterocycles. The summed E-state index contributed by atoms with van der Waals surface area (Å²) in [6.45, 7) is 5.55. The number of unbranched alkanes of at least 4 members (excludes halogenated alkanes) is 1. The standard InChI is InChI=1S/C10H22N2O3/c1-3-4-6-15-7-5-11-10(14)12-9(2)8-13/h9,13H,3-8H2,1-2H3,(H2,11,12,14)/t9-/m0/s1. The number of nitrogens with one attached hydrogen (secondary N) is 2. The van der Waals surface area contributed by atoms with Crippen molar-refractivity contribution in [1.82, 2.24) is 10.6 Å². The van der Waals surface area contributed by atoms with E-state index in [4.69, 9.17) is 9.84 Å². The van der Waals surface area contributed by atoms with Crippen LogP contribution in [0.25, 0.3) is 0 Å². The maximum atomic E-state index is 11.1. The van der Waals surface area contributed by atoms with Crippen LogP contribution in [0.3, 0.4) is 0 Å². The monoisotopic (exact) mass is 218 g/mol. The molecule has 90 valence electrons. The van der Waals surface area contributed by atoms with Crippen LogP contribution in [0, 0.1) is 0 Å². The maximum Gasteiger partial charge on any atom is 0.315 e. The van der Waals surface area contributed by atoms with Crippen molar-refractivity contribution in [2.75, 3.05) is 26.4 Å². The van der Waals surface area contributed by atoms with Crippen molar-refractivity contribution in [1.29, 1.82) is 0 Å². The van der Waals surface area contributed by atoms with Crippen molar-refractivity contribution in [3.05, 3.63) is 0 Å². The highest BCUT2D eigenvalue weighted by atomic mass is 16.5. The molecule has 0 bridgehead atoms. The van der Waals surface area contributed by atoms with Crippen molar-refractivity contribution in [2.24, 2.45) is 0 Å². The second-order valence-corrected chi connectivity index (χ2v) is 3.45. The van der Waals surface area contributed by atoms with Crippen LogP contribution in [-0.2, 0) is 4.74 Å². The molecule has 0 fully saturated rings. The van der Waals surface area contributed by atoms with Gasteiger partial charge in [-0.05, 0) is 13.3 Å². The Labute approximate surface area is 91.2 Å². The Kier molecular flexibility index (Phi) is 9.21. The summed E-state index contributed by atoms with van der Waals surface area (Å²) in [5, 5.41) is 13.9. The SMILES string of the molecule is CCCCOCCNC(=O)N[C@@H](C)CO. The van der Waals surface area contributed by atoms with Gasteiger partial charge in [0.2, 0.25) is 0 Å². The van der Waals surface area contributed by atoms with E-state index in [-0.39, 0.29) is 18.7 Å². The Bertz CT molecular complexity index is 165. The number of amides is 2. The quantitative estimate of drug-likeness (QED) is 0.519. The van der Waals surface area contributed by atoms with Gasteiger partial charge in [-0.15, -0.1) is 0 Å². The minimum Gasteiger partial charge on any atom is -0.394 e. The van der Waals surface area contributed by atoms with Gasteiger partial charge in [0.1, 0.15) is 0 Å². The second kappa shape index (κ2) is 9.73. The van der Waals surface area contributed by atoms with Gasteiger partial charge in [0.15, 0.2) is 0 Å². The molecular weight excluding hydrogens is 196 g/mol. The zero-order valence-electron chi connectivity index (χ0n) is 9.58.